The maximum absolute atomic E-state index is 14.3. The lowest BCUT2D eigenvalue weighted by Gasteiger charge is -2.47. The summed E-state index contributed by atoms with van der Waals surface area (Å²) in [4.78, 5) is 14.2. The Morgan fingerprint density at radius 3 is 2.03 bits per heavy atom. The molecule has 0 spiro atoms. The van der Waals surface area contributed by atoms with E-state index in [9.17, 15) is 13.6 Å². The zero-order valence-electron chi connectivity index (χ0n) is 21.0. The summed E-state index contributed by atoms with van der Waals surface area (Å²) in [6, 6.07) is 12.3. The van der Waals surface area contributed by atoms with Gasteiger partial charge in [0.15, 0.2) is 17.3 Å². The smallest absolute Gasteiger partial charge is 0.228 e. The van der Waals surface area contributed by atoms with Crippen LogP contribution >= 0.6 is 0 Å². The number of methoxy groups -OCH3 is 1. The van der Waals surface area contributed by atoms with Crippen LogP contribution in [0, 0.1) is 23.5 Å². The van der Waals surface area contributed by atoms with Gasteiger partial charge in [0.05, 0.1) is 17.3 Å². The average Bonchev–Trinajstić information content (AvgIpc) is 3.24. The van der Waals surface area contributed by atoms with Gasteiger partial charge in [-0.1, -0.05) is 68.9 Å². The molecule has 194 valence electrons. The van der Waals surface area contributed by atoms with Crippen LogP contribution in [0.25, 0.3) is 0 Å². The Hall–Kier alpha value is -2.67. The van der Waals surface area contributed by atoms with E-state index in [1.807, 2.05) is 30.3 Å². The maximum atomic E-state index is 14.3. The van der Waals surface area contributed by atoms with Crippen LogP contribution in [0.4, 0.5) is 20.2 Å². The SMILES string of the molecule is COC(c1ccccc1)C1(C(C(=O)NC2CCCCC2)C2CCCCC2)Nc2cc(F)c(F)cc2N1. The quantitative estimate of drug-likeness (QED) is 0.407. The van der Waals surface area contributed by atoms with Crippen molar-refractivity contribution in [3.63, 3.8) is 0 Å². The first-order valence-corrected chi connectivity index (χ1v) is 13.5. The van der Waals surface area contributed by atoms with Gasteiger partial charge >= 0.3 is 0 Å². The molecule has 36 heavy (non-hydrogen) atoms. The summed E-state index contributed by atoms with van der Waals surface area (Å²) in [5.74, 6) is -2.27. The Morgan fingerprint density at radius 2 is 1.47 bits per heavy atom. The summed E-state index contributed by atoms with van der Waals surface area (Å²) in [6.45, 7) is 0. The predicted octanol–water partition coefficient (Wildman–Crippen LogP) is 6.53. The number of benzene rings is 2. The highest BCUT2D eigenvalue weighted by molar-refractivity contribution is 5.86. The normalized spacial score (nSPS) is 21.6. The zero-order valence-corrected chi connectivity index (χ0v) is 21.0. The highest BCUT2D eigenvalue weighted by Gasteiger charge is 2.56. The molecule has 5 nitrogen and oxygen atoms in total. The van der Waals surface area contributed by atoms with Crippen LogP contribution in [0.3, 0.4) is 0 Å². The number of carbonyl (C=O) groups is 1. The van der Waals surface area contributed by atoms with Crippen molar-refractivity contribution in [1.29, 1.82) is 0 Å². The van der Waals surface area contributed by atoms with Crippen LogP contribution in [0.2, 0.25) is 0 Å². The highest BCUT2D eigenvalue weighted by atomic mass is 19.2. The van der Waals surface area contributed by atoms with Gasteiger partial charge in [0.1, 0.15) is 6.10 Å². The fraction of sp³-hybridized carbons (Fsp3) is 0.552. The van der Waals surface area contributed by atoms with Gasteiger partial charge in [-0.05, 0) is 37.2 Å². The van der Waals surface area contributed by atoms with Crippen molar-refractivity contribution in [1.82, 2.24) is 5.32 Å². The van der Waals surface area contributed by atoms with Crippen molar-refractivity contribution in [2.75, 3.05) is 17.7 Å². The van der Waals surface area contributed by atoms with Gasteiger partial charge in [0.25, 0.3) is 0 Å². The minimum absolute atomic E-state index is 0.0134. The van der Waals surface area contributed by atoms with Crippen LogP contribution in [0.15, 0.2) is 42.5 Å². The monoisotopic (exact) mass is 497 g/mol. The van der Waals surface area contributed by atoms with Gasteiger partial charge in [-0.2, -0.15) is 0 Å². The van der Waals surface area contributed by atoms with Gasteiger partial charge in [-0.25, -0.2) is 8.78 Å². The van der Waals surface area contributed by atoms with Crippen LogP contribution in [0.5, 0.6) is 0 Å². The number of amides is 1. The summed E-state index contributed by atoms with van der Waals surface area (Å²) >= 11 is 0. The molecule has 3 aliphatic rings. The van der Waals surface area contributed by atoms with Crippen molar-refractivity contribution in [3.05, 3.63) is 59.7 Å². The molecule has 3 N–H and O–H groups in total. The molecule has 1 aliphatic heterocycles. The molecule has 2 aromatic rings. The number of halogens is 2. The second-order valence-corrected chi connectivity index (χ2v) is 10.7. The number of hydrogen-bond donors (Lipinski definition) is 3. The van der Waals surface area contributed by atoms with E-state index < -0.39 is 29.3 Å². The summed E-state index contributed by atoms with van der Waals surface area (Å²) in [5.41, 5.74) is 0.663. The zero-order chi connectivity index (χ0) is 25.1. The molecule has 1 amide bonds. The van der Waals surface area contributed by atoms with Crippen molar-refractivity contribution in [2.24, 2.45) is 11.8 Å². The van der Waals surface area contributed by atoms with E-state index in [-0.39, 0.29) is 17.9 Å². The van der Waals surface area contributed by atoms with Crippen LogP contribution < -0.4 is 16.0 Å². The number of rotatable bonds is 7. The number of hydrogen-bond acceptors (Lipinski definition) is 4. The molecule has 0 aromatic heterocycles. The Labute approximate surface area is 212 Å². The molecule has 2 unspecified atom stereocenters. The molecule has 0 saturated heterocycles. The molecule has 5 rings (SSSR count). The third-order valence-electron chi connectivity index (χ3n) is 8.34. The van der Waals surface area contributed by atoms with Gasteiger partial charge < -0.3 is 20.7 Å². The summed E-state index contributed by atoms with van der Waals surface area (Å²) in [6.07, 6.45) is 9.98. The van der Waals surface area contributed by atoms with E-state index >= 15 is 0 Å². The van der Waals surface area contributed by atoms with E-state index in [1.54, 1.807) is 7.11 Å². The van der Waals surface area contributed by atoms with Crippen molar-refractivity contribution in [2.45, 2.75) is 82.0 Å². The molecule has 2 aliphatic carbocycles. The fourth-order valence-corrected chi connectivity index (χ4v) is 6.69. The first-order chi connectivity index (χ1) is 17.5. The maximum Gasteiger partial charge on any atom is 0.228 e. The molecule has 2 aromatic carbocycles. The predicted molar refractivity (Wildman–Crippen MR) is 138 cm³/mol. The third kappa shape index (κ3) is 4.82. The second kappa shape index (κ2) is 10.8. The minimum atomic E-state index is -1.11. The lowest BCUT2D eigenvalue weighted by atomic mass is 9.70. The van der Waals surface area contributed by atoms with Crippen molar-refractivity contribution in [3.8, 4) is 0 Å². The summed E-state index contributed by atoms with van der Waals surface area (Å²) < 4.78 is 34.7. The van der Waals surface area contributed by atoms with Crippen LogP contribution in [0.1, 0.15) is 75.9 Å². The standard InChI is InChI=1S/C29H37F2N3O2/c1-36-27(20-13-7-3-8-14-20)29(33-24-17-22(30)23(31)18-25(24)34-29)26(19-11-5-2-6-12-19)28(35)32-21-15-9-4-10-16-21/h3,7-8,13-14,17-19,21,26-27,33-34H,2,4-6,9-12,15-16H2,1H3,(H,32,35). The van der Waals surface area contributed by atoms with E-state index in [0.717, 1.165) is 63.4 Å². The minimum Gasteiger partial charge on any atom is -0.372 e. The highest BCUT2D eigenvalue weighted by Crippen LogP contribution is 2.50. The molecule has 2 atom stereocenters. The molecule has 7 heteroatoms. The number of nitrogens with one attached hydrogen (secondary N) is 3. The Bertz CT molecular complexity index is 1020. The molecule has 2 fully saturated rings. The average molecular weight is 498 g/mol. The fourth-order valence-electron chi connectivity index (χ4n) is 6.69. The van der Waals surface area contributed by atoms with Crippen LogP contribution in [-0.2, 0) is 9.53 Å². The van der Waals surface area contributed by atoms with Crippen LogP contribution in [-0.4, -0.2) is 24.7 Å². The van der Waals surface area contributed by atoms with E-state index in [1.165, 1.54) is 18.6 Å². The number of carbonyl (C=O) groups excluding carboxylic acids is 1. The van der Waals surface area contributed by atoms with Gasteiger partial charge in [-0.3, -0.25) is 4.79 Å². The molecule has 0 bridgehead atoms. The molecule has 0 radical (unpaired) electrons. The topological polar surface area (TPSA) is 62.4 Å². The van der Waals surface area contributed by atoms with Gasteiger partial charge in [-0.15, -0.1) is 0 Å². The van der Waals surface area contributed by atoms with E-state index in [2.05, 4.69) is 16.0 Å². The van der Waals surface area contributed by atoms with E-state index in [0.29, 0.717) is 11.4 Å². The Morgan fingerprint density at radius 1 is 0.917 bits per heavy atom. The Kier molecular flexibility index (Phi) is 7.47. The van der Waals surface area contributed by atoms with Gasteiger partial charge in [0, 0.05) is 25.3 Å². The van der Waals surface area contributed by atoms with E-state index in [4.69, 9.17) is 4.74 Å². The molecule has 1 heterocycles. The van der Waals surface area contributed by atoms with Crippen molar-refractivity contribution >= 4 is 17.3 Å². The molecular formula is C29H37F2N3O2. The summed E-state index contributed by atoms with van der Waals surface area (Å²) in [7, 11) is 1.63. The summed E-state index contributed by atoms with van der Waals surface area (Å²) in [5, 5.41) is 10.3. The first-order valence-electron chi connectivity index (χ1n) is 13.5. The number of fused-ring (bicyclic) bond motifs is 1. The third-order valence-corrected chi connectivity index (χ3v) is 8.34. The molecular weight excluding hydrogens is 460 g/mol. The largest absolute Gasteiger partial charge is 0.372 e. The lowest BCUT2D eigenvalue weighted by Crippen LogP contribution is -2.62. The second-order valence-electron chi connectivity index (χ2n) is 10.7. The number of ether oxygens (including phenoxy) is 1. The first kappa shape index (κ1) is 25.0. The Balaban J connectivity index is 1.60. The lowest BCUT2D eigenvalue weighted by molar-refractivity contribution is -0.132. The van der Waals surface area contributed by atoms with Crippen molar-refractivity contribution < 1.29 is 18.3 Å². The number of anilines is 2. The van der Waals surface area contributed by atoms with Gasteiger partial charge in [0.2, 0.25) is 5.91 Å². The molecule has 2 saturated carbocycles.